The maximum Gasteiger partial charge on any atom is 0.274 e. The largest absolute Gasteiger partial charge is 0.430 e. The average molecular weight is 247 g/mol. The first-order chi connectivity index (χ1) is 9.20. The van der Waals surface area contributed by atoms with Crippen molar-refractivity contribution in [2.24, 2.45) is 0 Å². The van der Waals surface area contributed by atoms with E-state index in [1.807, 2.05) is 56.3 Å². The molecular formula is C17H13NO. The van der Waals surface area contributed by atoms with E-state index in [-0.39, 0.29) is 0 Å². The van der Waals surface area contributed by atoms with Gasteiger partial charge in [-0.15, -0.1) is 0 Å². The minimum Gasteiger partial charge on any atom is -0.430 e. The molecule has 0 saturated heterocycles. The van der Waals surface area contributed by atoms with Crippen LogP contribution in [0.5, 0.6) is 0 Å². The summed E-state index contributed by atoms with van der Waals surface area (Å²) in [7, 11) is 0. The molecule has 0 aliphatic rings. The third-order valence-electron chi connectivity index (χ3n) is 2.87. The van der Waals surface area contributed by atoms with Gasteiger partial charge >= 0.3 is 0 Å². The molecule has 0 bridgehead atoms. The van der Waals surface area contributed by atoms with Crippen molar-refractivity contribution in [3.63, 3.8) is 0 Å². The van der Waals surface area contributed by atoms with E-state index in [4.69, 9.17) is 4.42 Å². The van der Waals surface area contributed by atoms with Gasteiger partial charge in [0.05, 0.1) is 0 Å². The van der Waals surface area contributed by atoms with Gasteiger partial charge in [-0.05, 0) is 55.2 Å². The van der Waals surface area contributed by atoms with Crippen molar-refractivity contribution in [2.45, 2.75) is 13.8 Å². The molecule has 1 heterocycles. The first kappa shape index (κ1) is 11.6. The number of oxazole rings is 1. The van der Waals surface area contributed by atoms with E-state index in [1.54, 1.807) is 0 Å². The number of nitrogens with zero attached hydrogens (tertiary/aromatic N) is 1. The monoisotopic (exact) mass is 247 g/mol. The minimum atomic E-state index is 0.460. The number of hydrogen-bond donors (Lipinski definition) is 0. The maximum absolute atomic E-state index is 5.59. The summed E-state index contributed by atoms with van der Waals surface area (Å²) in [4.78, 5) is 4.37. The highest BCUT2D eigenvalue weighted by molar-refractivity contribution is 5.73. The number of fused-ring (bicyclic) bond motifs is 1. The molecule has 2 aromatic carbocycles. The fourth-order valence-corrected chi connectivity index (χ4v) is 1.94. The van der Waals surface area contributed by atoms with Crippen molar-refractivity contribution in [3.05, 3.63) is 65.0 Å². The molecule has 2 heteroatoms. The van der Waals surface area contributed by atoms with Crippen LogP contribution in [0, 0.1) is 25.7 Å². The zero-order valence-corrected chi connectivity index (χ0v) is 10.9. The van der Waals surface area contributed by atoms with E-state index < -0.39 is 0 Å². The third-order valence-corrected chi connectivity index (χ3v) is 2.87. The Labute approximate surface area is 112 Å². The number of aromatic nitrogens is 1. The van der Waals surface area contributed by atoms with E-state index in [0.717, 1.165) is 16.7 Å². The van der Waals surface area contributed by atoms with Crippen LogP contribution in [0.4, 0.5) is 0 Å². The molecular weight excluding hydrogens is 234 g/mol. The Morgan fingerprint density at radius 2 is 1.79 bits per heavy atom. The predicted molar refractivity (Wildman–Crippen MR) is 75.9 cm³/mol. The number of benzene rings is 2. The minimum absolute atomic E-state index is 0.460. The molecule has 0 amide bonds. The predicted octanol–water partition coefficient (Wildman–Crippen LogP) is 3.84. The lowest BCUT2D eigenvalue weighted by molar-refractivity contribution is 0.586. The standard InChI is InChI=1S/C17H13NO/c1-12-4-3-5-14(10-12)7-9-17-18-15-11-13(2)6-8-16(15)19-17/h3-6,8,10-11H,1-2H3. The van der Waals surface area contributed by atoms with Gasteiger partial charge in [0.25, 0.3) is 5.89 Å². The van der Waals surface area contributed by atoms with E-state index in [9.17, 15) is 0 Å². The summed E-state index contributed by atoms with van der Waals surface area (Å²) in [5.41, 5.74) is 4.96. The molecule has 19 heavy (non-hydrogen) atoms. The topological polar surface area (TPSA) is 26.0 Å². The van der Waals surface area contributed by atoms with Gasteiger partial charge in [0.15, 0.2) is 5.58 Å². The summed E-state index contributed by atoms with van der Waals surface area (Å²) in [5, 5.41) is 0. The van der Waals surface area contributed by atoms with Gasteiger partial charge in [0, 0.05) is 5.56 Å². The van der Waals surface area contributed by atoms with Crippen LogP contribution in [0.25, 0.3) is 11.1 Å². The van der Waals surface area contributed by atoms with Gasteiger partial charge < -0.3 is 4.42 Å². The van der Waals surface area contributed by atoms with Crippen molar-refractivity contribution in [1.82, 2.24) is 4.98 Å². The number of aryl methyl sites for hydroxylation is 2. The highest BCUT2D eigenvalue weighted by atomic mass is 16.3. The van der Waals surface area contributed by atoms with Crippen LogP contribution in [0.3, 0.4) is 0 Å². The molecule has 0 unspecified atom stereocenters. The molecule has 0 N–H and O–H groups in total. The second-order valence-electron chi connectivity index (χ2n) is 4.61. The van der Waals surface area contributed by atoms with Crippen LogP contribution in [-0.4, -0.2) is 4.98 Å². The van der Waals surface area contributed by atoms with E-state index in [2.05, 4.69) is 16.8 Å². The molecule has 0 spiro atoms. The maximum atomic E-state index is 5.59. The van der Waals surface area contributed by atoms with Crippen molar-refractivity contribution in [3.8, 4) is 11.8 Å². The highest BCUT2D eigenvalue weighted by Gasteiger charge is 2.02. The molecule has 0 aliphatic carbocycles. The van der Waals surface area contributed by atoms with E-state index in [0.29, 0.717) is 5.89 Å². The zero-order valence-electron chi connectivity index (χ0n) is 10.9. The molecule has 1 aromatic heterocycles. The molecule has 2 nitrogen and oxygen atoms in total. The molecule has 0 fully saturated rings. The van der Waals surface area contributed by atoms with Gasteiger partial charge in [0.1, 0.15) is 5.52 Å². The number of rotatable bonds is 0. The Morgan fingerprint density at radius 3 is 2.63 bits per heavy atom. The quantitative estimate of drug-likeness (QED) is 0.564. The normalized spacial score (nSPS) is 10.2. The fourth-order valence-electron chi connectivity index (χ4n) is 1.94. The lowest BCUT2D eigenvalue weighted by atomic mass is 10.1. The van der Waals surface area contributed by atoms with Gasteiger partial charge in [-0.2, -0.15) is 0 Å². The van der Waals surface area contributed by atoms with Crippen LogP contribution >= 0.6 is 0 Å². The average Bonchev–Trinajstić information content (AvgIpc) is 2.78. The van der Waals surface area contributed by atoms with Crippen LogP contribution in [0.2, 0.25) is 0 Å². The smallest absolute Gasteiger partial charge is 0.274 e. The molecule has 0 aliphatic heterocycles. The third kappa shape index (κ3) is 2.51. The molecule has 92 valence electrons. The summed E-state index contributed by atoms with van der Waals surface area (Å²) in [6.07, 6.45) is 0. The number of hydrogen-bond acceptors (Lipinski definition) is 2. The fraction of sp³-hybridized carbons (Fsp3) is 0.118. The Kier molecular flexibility index (Phi) is 2.81. The van der Waals surface area contributed by atoms with Gasteiger partial charge in [-0.1, -0.05) is 24.1 Å². The zero-order chi connectivity index (χ0) is 13.2. The van der Waals surface area contributed by atoms with Crippen molar-refractivity contribution in [1.29, 1.82) is 0 Å². The lowest BCUT2D eigenvalue weighted by Crippen LogP contribution is -1.77. The van der Waals surface area contributed by atoms with Crippen molar-refractivity contribution < 1.29 is 4.42 Å². The Bertz CT molecular complexity index is 803. The van der Waals surface area contributed by atoms with Gasteiger partial charge in [-0.3, -0.25) is 0 Å². The Hall–Kier alpha value is -2.53. The summed E-state index contributed by atoms with van der Waals surface area (Å²) in [6.45, 7) is 4.08. The molecule has 3 rings (SSSR count). The second kappa shape index (κ2) is 4.62. The molecule has 0 saturated carbocycles. The van der Waals surface area contributed by atoms with Crippen LogP contribution < -0.4 is 0 Å². The van der Waals surface area contributed by atoms with Crippen LogP contribution in [0.15, 0.2) is 46.9 Å². The highest BCUT2D eigenvalue weighted by Crippen LogP contribution is 2.16. The first-order valence-electron chi connectivity index (χ1n) is 6.16. The van der Waals surface area contributed by atoms with Crippen LogP contribution in [0.1, 0.15) is 22.6 Å². The van der Waals surface area contributed by atoms with E-state index >= 15 is 0 Å². The Morgan fingerprint density at radius 1 is 0.947 bits per heavy atom. The van der Waals surface area contributed by atoms with Crippen molar-refractivity contribution in [2.75, 3.05) is 0 Å². The summed E-state index contributed by atoms with van der Waals surface area (Å²) >= 11 is 0. The first-order valence-corrected chi connectivity index (χ1v) is 6.16. The lowest BCUT2D eigenvalue weighted by Gasteiger charge is -1.91. The molecule has 3 aromatic rings. The van der Waals surface area contributed by atoms with Gasteiger partial charge in [0.2, 0.25) is 0 Å². The second-order valence-corrected chi connectivity index (χ2v) is 4.61. The summed E-state index contributed by atoms with van der Waals surface area (Å²) in [5.74, 6) is 6.50. The van der Waals surface area contributed by atoms with E-state index in [1.165, 1.54) is 11.1 Å². The van der Waals surface area contributed by atoms with Crippen molar-refractivity contribution >= 4 is 11.1 Å². The Balaban J connectivity index is 1.98. The van der Waals surface area contributed by atoms with Crippen LogP contribution in [-0.2, 0) is 0 Å². The molecule has 0 radical (unpaired) electrons. The summed E-state index contributed by atoms with van der Waals surface area (Å²) < 4.78 is 5.59. The SMILES string of the molecule is Cc1cccc(C#Cc2nc3cc(C)ccc3o2)c1. The van der Waals surface area contributed by atoms with Gasteiger partial charge in [-0.25, -0.2) is 4.98 Å². The summed E-state index contributed by atoms with van der Waals surface area (Å²) in [6, 6.07) is 14.0. The molecule has 0 atom stereocenters.